The van der Waals surface area contributed by atoms with E-state index in [9.17, 15) is 4.39 Å². The number of aryl methyl sites for hydroxylation is 1. The standard InChI is InChI=1S/C18H23FN8.HI/c1-3-20-18(23-10-13-6-4-5-7-15(13)19)22-9-8-21-16-14-11-26-27(2)17(14)25-12-24-16;/h4-7,11-12H,3,8-10H2,1-2H3,(H2,20,22,23)(H,21,24,25);1H. The first-order valence-electron chi connectivity index (χ1n) is 8.81. The van der Waals surface area contributed by atoms with Gasteiger partial charge in [-0.3, -0.25) is 4.68 Å². The molecule has 3 rings (SSSR count). The molecule has 0 aliphatic carbocycles. The first-order valence-corrected chi connectivity index (χ1v) is 8.81. The Hall–Kier alpha value is -2.50. The van der Waals surface area contributed by atoms with Gasteiger partial charge in [-0.2, -0.15) is 5.10 Å². The normalized spacial score (nSPS) is 11.2. The second-order valence-electron chi connectivity index (χ2n) is 5.87. The van der Waals surface area contributed by atoms with Gasteiger partial charge < -0.3 is 16.0 Å². The summed E-state index contributed by atoms with van der Waals surface area (Å²) in [7, 11) is 1.84. The number of benzene rings is 1. The first-order chi connectivity index (χ1) is 13.2. The Morgan fingerprint density at radius 2 is 2.00 bits per heavy atom. The Morgan fingerprint density at radius 1 is 1.18 bits per heavy atom. The van der Waals surface area contributed by atoms with Gasteiger partial charge in [-0.15, -0.1) is 24.0 Å². The molecule has 1 aromatic carbocycles. The average molecular weight is 498 g/mol. The molecule has 28 heavy (non-hydrogen) atoms. The van der Waals surface area contributed by atoms with Gasteiger partial charge in [0.2, 0.25) is 0 Å². The third-order valence-electron chi connectivity index (χ3n) is 3.95. The zero-order chi connectivity index (χ0) is 19.1. The molecule has 0 saturated carbocycles. The zero-order valence-electron chi connectivity index (χ0n) is 15.8. The van der Waals surface area contributed by atoms with Crippen molar-refractivity contribution in [1.82, 2.24) is 30.4 Å². The van der Waals surface area contributed by atoms with E-state index in [0.29, 0.717) is 24.6 Å². The highest BCUT2D eigenvalue weighted by molar-refractivity contribution is 14.0. The van der Waals surface area contributed by atoms with Crippen LogP contribution in [0.5, 0.6) is 0 Å². The molecule has 0 unspecified atom stereocenters. The summed E-state index contributed by atoms with van der Waals surface area (Å²) in [5.41, 5.74) is 1.34. The summed E-state index contributed by atoms with van der Waals surface area (Å²) >= 11 is 0. The van der Waals surface area contributed by atoms with Crippen LogP contribution < -0.4 is 16.0 Å². The Bertz CT molecular complexity index is 927. The molecule has 2 aromatic heterocycles. The van der Waals surface area contributed by atoms with Gasteiger partial charge >= 0.3 is 0 Å². The number of aromatic nitrogens is 4. The number of aliphatic imine (C=N–C) groups is 1. The van der Waals surface area contributed by atoms with E-state index in [-0.39, 0.29) is 36.3 Å². The van der Waals surface area contributed by atoms with Crippen LogP contribution in [-0.4, -0.2) is 45.3 Å². The lowest BCUT2D eigenvalue weighted by Gasteiger charge is -2.12. The van der Waals surface area contributed by atoms with Gasteiger partial charge in [0.25, 0.3) is 0 Å². The third kappa shape index (κ3) is 5.50. The fourth-order valence-electron chi connectivity index (χ4n) is 2.60. The van der Waals surface area contributed by atoms with E-state index < -0.39 is 0 Å². The summed E-state index contributed by atoms with van der Waals surface area (Å²) in [6.45, 7) is 4.23. The number of nitrogens with one attached hydrogen (secondary N) is 3. The van der Waals surface area contributed by atoms with Crippen LogP contribution >= 0.6 is 24.0 Å². The Balaban J connectivity index is 0.00000280. The maximum Gasteiger partial charge on any atom is 0.191 e. The molecular formula is C18H24FIN8. The number of anilines is 1. The highest BCUT2D eigenvalue weighted by Crippen LogP contribution is 2.17. The summed E-state index contributed by atoms with van der Waals surface area (Å²) < 4.78 is 15.4. The Labute approximate surface area is 180 Å². The van der Waals surface area contributed by atoms with E-state index in [2.05, 4.69) is 36.0 Å². The molecule has 0 radical (unpaired) electrons. The summed E-state index contributed by atoms with van der Waals surface area (Å²) in [4.78, 5) is 12.9. The van der Waals surface area contributed by atoms with Gasteiger partial charge in [0, 0.05) is 32.2 Å². The molecule has 0 spiro atoms. The van der Waals surface area contributed by atoms with Crippen LogP contribution in [0.3, 0.4) is 0 Å². The van der Waals surface area contributed by atoms with E-state index in [0.717, 1.165) is 23.4 Å². The SMILES string of the molecule is CCNC(=NCc1ccccc1F)NCCNc1ncnc2c1cnn2C.I. The molecule has 0 amide bonds. The number of fused-ring (bicyclic) bond motifs is 1. The second-order valence-corrected chi connectivity index (χ2v) is 5.87. The van der Waals surface area contributed by atoms with Crippen LogP contribution in [0, 0.1) is 5.82 Å². The van der Waals surface area contributed by atoms with Crippen molar-refractivity contribution in [2.45, 2.75) is 13.5 Å². The Morgan fingerprint density at radius 3 is 2.79 bits per heavy atom. The highest BCUT2D eigenvalue weighted by Gasteiger charge is 2.07. The van der Waals surface area contributed by atoms with Crippen LogP contribution in [0.4, 0.5) is 10.2 Å². The quantitative estimate of drug-likeness (QED) is 0.201. The molecule has 10 heteroatoms. The molecule has 0 bridgehead atoms. The molecule has 0 atom stereocenters. The molecule has 0 aliphatic heterocycles. The summed E-state index contributed by atoms with van der Waals surface area (Å²) in [6, 6.07) is 6.65. The van der Waals surface area contributed by atoms with Crippen molar-refractivity contribution in [3.05, 3.63) is 48.2 Å². The minimum atomic E-state index is -0.247. The van der Waals surface area contributed by atoms with E-state index in [1.165, 1.54) is 12.4 Å². The molecule has 150 valence electrons. The van der Waals surface area contributed by atoms with Crippen molar-refractivity contribution in [2.75, 3.05) is 25.0 Å². The molecular weight excluding hydrogens is 474 g/mol. The lowest BCUT2D eigenvalue weighted by atomic mass is 10.2. The van der Waals surface area contributed by atoms with Crippen molar-refractivity contribution in [1.29, 1.82) is 0 Å². The maximum absolute atomic E-state index is 13.7. The van der Waals surface area contributed by atoms with Crippen LogP contribution in [-0.2, 0) is 13.6 Å². The van der Waals surface area contributed by atoms with Gasteiger partial charge in [-0.05, 0) is 13.0 Å². The zero-order valence-corrected chi connectivity index (χ0v) is 18.1. The molecule has 0 fully saturated rings. The number of halogens is 2. The van der Waals surface area contributed by atoms with Gasteiger partial charge in [0.05, 0.1) is 18.1 Å². The topological polar surface area (TPSA) is 92.1 Å². The van der Waals surface area contributed by atoms with Crippen molar-refractivity contribution in [3.8, 4) is 0 Å². The van der Waals surface area contributed by atoms with Gasteiger partial charge in [-0.25, -0.2) is 19.4 Å². The average Bonchev–Trinajstić information content (AvgIpc) is 3.06. The van der Waals surface area contributed by atoms with Crippen LogP contribution in [0.1, 0.15) is 12.5 Å². The lowest BCUT2D eigenvalue weighted by Crippen LogP contribution is -2.39. The summed E-state index contributed by atoms with van der Waals surface area (Å²) in [6.07, 6.45) is 3.25. The van der Waals surface area contributed by atoms with Crippen molar-refractivity contribution in [3.63, 3.8) is 0 Å². The highest BCUT2D eigenvalue weighted by atomic mass is 127. The molecule has 3 aromatic rings. The molecule has 3 N–H and O–H groups in total. The number of hydrogen-bond acceptors (Lipinski definition) is 5. The molecule has 0 aliphatic rings. The number of nitrogens with zero attached hydrogens (tertiary/aromatic N) is 5. The molecule has 8 nitrogen and oxygen atoms in total. The van der Waals surface area contributed by atoms with E-state index >= 15 is 0 Å². The van der Waals surface area contributed by atoms with Crippen LogP contribution in [0.15, 0.2) is 41.8 Å². The number of rotatable bonds is 7. The minimum Gasteiger partial charge on any atom is -0.368 e. The van der Waals surface area contributed by atoms with Crippen molar-refractivity contribution < 1.29 is 4.39 Å². The van der Waals surface area contributed by atoms with Crippen molar-refractivity contribution in [2.24, 2.45) is 12.0 Å². The molecule has 2 heterocycles. The predicted octanol–water partition coefficient (Wildman–Crippen LogP) is 2.29. The fraction of sp³-hybridized carbons (Fsp3) is 0.333. The van der Waals surface area contributed by atoms with Crippen molar-refractivity contribution >= 4 is 46.8 Å². The maximum atomic E-state index is 13.7. The van der Waals surface area contributed by atoms with Gasteiger partial charge in [-0.1, -0.05) is 18.2 Å². The largest absolute Gasteiger partial charge is 0.368 e. The lowest BCUT2D eigenvalue weighted by molar-refractivity contribution is 0.610. The Kier molecular flexibility index (Phi) is 8.36. The second kappa shape index (κ2) is 10.7. The van der Waals surface area contributed by atoms with Crippen LogP contribution in [0.25, 0.3) is 11.0 Å². The van der Waals surface area contributed by atoms with E-state index in [1.54, 1.807) is 29.1 Å². The minimum absolute atomic E-state index is 0. The predicted molar refractivity (Wildman–Crippen MR) is 119 cm³/mol. The van der Waals surface area contributed by atoms with Crippen LogP contribution in [0.2, 0.25) is 0 Å². The summed E-state index contributed by atoms with van der Waals surface area (Å²) in [5, 5.41) is 14.7. The summed E-state index contributed by atoms with van der Waals surface area (Å²) in [5.74, 6) is 1.13. The third-order valence-corrected chi connectivity index (χ3v) is 3.95. The molecule has 0 saturated heterocycles. The van der Waals surface area contributed by atoms with E-state index in [1.807, 2.05) is 14.0 Å². The monoisotopic (exact) mass is 498 g/mol. The van der Waals surface area contributed by atoms with Gasteiger partial charge in [0.1, 0.15) is 18.0 Å². The number of guanidine groups is 1. The fourth-order valence-corrected chi connectivity index (χ4v) is 2.60. The number of hydrogen-bond donors (Lipinski definition) is 3. The smallest absolute Gasteiger partial charge is 0.191 e. The first kappa shape index (κ1) is 21.8. The van der Waals surface area contributed by atoms with E-state index in [4.69, 9.17) is 0 Å². The van der Waals surface area contributed by atoms with Gasteiger partial charge in [0.15, 0.2) is 11.6 Å².